The van der Waals surface area contributed by atoms with Gasteiger partial charge in [0.2, 0.25) is 0 Å². The van der Waals surface area contributed by atoms with Gasteiger partial charge < -0.3 is 23.7 Å². The Morgan fingerprint density at radius 1 is 0.694 bits per heavy atom. The first-order valence-corrected chi connectivity index (χ1v) is 13.6. The molecule has 6 nitrogen and oxygen atoms in total. The molecular weight excluding hydrogens is 470 g/mol. The third-order valence-corrected chi connectivity index (χ3v) is 6.82. The van der Waals surface area contributed by atoms with Crippen LogP contribution in [-0.2, 0) is 0 Å². The molecule has 0 saturated carbocycles. The fourth-order valence-electron chi connectivity index (χ4n) is 3.66. The van der Waals surface area contributed by atoms with Crippen LogP contribution in [-0.4, -0.2) is 58.9 Å². The second kappa shape index (κ2) is 18.4. The molecule has 0 aliphatic carbocycles. The van der Waals surface area contributed by atoms with Crippen LogP contribution in [0.25, 0.3) is 0 Å². The Morgan fingerprint density at radius 2 is 1.25 bits per heavy atom. The van der Waals surface area contributed by atoms with Gasteiger partial charge in [0.05, 0.1) is 34.5 Å². The van der Waals surface area contributed by atoms with Gasteiger partial charge in [-0.15, -0.1) is 0 Å². The number of carbonyl (C=O) groups is 1. The zero-order valence-electron chi connectivity index (χ0n) is 22.9. The molecule has 1 radical (unpaired) electrons. The zero-order valence-corrected chi connectivity index (χ0v) is 23.9. The van der Waals surface area contributed by atoms with Gasteiger partial charge in [0.15, 0.2) is 5.52 Å². The van der Waals surface area contributed by atoms with E-state index in [0.29, 0.717) is 41.8 Å². The van der Waals surface area contributed by atoms with Crippen LogP contribution >= 0.6 is 8.58 Å². The van der Waals surface area contributed by atoms with E-state index in [4.69, 9.17) is 23.7 Å². The molecule has 195 valence electrons. The fraction of sp³-hybridized carbons (Fsp3) is 0.536. The van der Waals surface area contributed by atoms with Crippen molar-refractivity contribution in [2.45, 2.75) is 65.2 Å². The molecule has 0 fully saturated rings. The standard InChI is InChI=1S/C28H41O6P.Li/c1-6-8-10-12-16-33-21-14-15-26(23(18-21)34-17-13-11-9-7-2)35-28(29)27-24(31-4)19-22(30-3)20-25(27)32-5;/h14-15,18-20,35H,6-13,16-17H2,1-5H3;. The SMILES string of the molecule is CCCCCCOc1ccc(PC(=O)c2c(OC)cc(OC)cc2OC)c(OCCCCCC)c1.[Li]. The summed E-state index contributed by atoms with van der Waals surface area (Å²) in [5.74, 6) is 2.88. The first-order valence-electron chi connectivity index (χ1n) is 12.6. The van der Waals surface area contributed by atoms with Gasteiger partial charge in [-0.1, -0.05) is 52.4 Å². The minimum absolute atomic E-state index is 0. The predicted molar refractivity (Wildman–Crippen MR) is 150 cm³/mol. The van der Waals surface area contributed by atoms with Crippen LogP contribution in [0.4, 0.5) is 0 Å². The predicted octanol–water partition coefficient (Wildman–Crippen LogP) is 6.39. The average molecular weight is 512 g/mol. The summed E-state index contributed by atoms with van der Waals surface area (Å²) in [6, 6.07) is 9.16. The molecule has 1 unspecified atom stereocenters. The molecule has 0 heterocycles. The van der Waals surface area contributed by atoms with Gasteiger partial charge in [0, 0.05) is 42.4 Å². The zero-order chi connectivity index (χ0) is 25.5. The summed E-state index contributed by atoms with van der Waals surface area (Å²) in [4.78, 5) is 13.4. The van der Waals surface area contributed by atoms with E-state index in [1.165, 1.54) is 39.9 Å². The van der Waals surface area contributed by atoms with Gasteiger partial charge in [0.1, 0.15) is 34.3 Å². The van der Waals surface area contributed by atoms with Crippen LogP contribution in [0.3, 0.4) is 0 Å². The number of rotatable bonds is 18. The van der Waals surface area contributed by atoms with Crippen molar-refractivity contribution in [2.24, 2.45) is 0 Å². The Labute approximate surface area is 230 Å². The molecule has 36 heavy (non-hydrogen) atoms. The van der Waals surface area contributed by atoms with E-state index in [-0.39, 0.29) is 33.0 Å². The molecule has 0 bridgehead atoms. The Kier molecular flexibility index (Phi) is 16.4. The van der Waals surface area contributed by atoms with Crippen LogP contribution in [0.1, 0.15) is 75.6 Å². The minimum Gasteiger partial charge on any atom is -0.496 e. The number of carbonyl (C=O) groups excluding carboxylic acids is 1. The molecule has 2 aromatic carbocycles. The summed E-state index contributed by atoms with van der Waals surface area (Å²) in [6.45, 7) is 5.68. The molecule has 1 atom stereocenters. The molecule has 0 aromatic heterocycles. The molecule has 0 spiro atoms. The number of methoxy groups -OCH3 is 3. The van der Waals surface area contributed by atoms with Crippen molar-refractivity contribution in [3.63, 3.8) is 0 Å². The summed E-state index contributed by atoms with van der Waals surface area (Å²) in [6.07, 6.45) is 9.08. The summed E-state index contributed by atoms with van der Waals surface area (Å²) in [5.41, 5.74) is 0.310. The van der Waals surface area contributed by atoms with Gasteiger partial charge in [-0.25, -0.2) is 0 Å². The molecule has 0 saturated heterocycles. The molecule has 8 heteroatoms. The monoisotopic (exact) mass is 511 g/mol. The number of unbranched alkanes of at least 4 members (excludes halogenated alkanes) is 6. The summed E-state index contributed by atoms with van der Waals surface area (Å²) in [7, 11) is 4.47. The van der Waals surface area contributed by atoms with Crippen molar-refractivity contribution in [1.29, 1.82) is 0 Å². The van der Waals surface area contributed by atoms with Crippen LogP contribution in [0.15, 0.2) is 30.3 Å². The van der Waals surface area contributed by atoms with Crippen LogP contribution in [0.5, 0.6) is 28.7 Å². The number of benzene rings is 2. The Bertz CT molecular complexity index is 896. The van der Waals surface area contributed by atoms with E-state index < -0.39 is 0 Å². The van der Waals surface area contributed by atoms with Gasteiger partial charge in [-0.2, -0.15) is 0 Å². The summed E-state index contributed by atoms with van der Waals surface area (Å²) < 4.78 is 28.4. The van der Waals surface area contributed by atoms with Crippen LogP contribution in [0.2, 0.25) is 0 Å². The maximum atomic E-state index is 13.4. The van der Waals surface area contributed by atoms with Crippen molar-refractivity contribution in [1.82, 2.24) is 0 Å². The maximum absolute atomic E-state index is 13.4. The van der Waals surface area contributed by atoms with Crippen molar-refractivity contribution in [3.8, 4) is 28.7 Å². The Hall–Kier alpha value is -1.86. The van der Waals surface area contributed by atoms with E-state index in [2.05, 4.69) is 13.8 Å². The summed E-state index contributed by atoms with van der Waals surface area (Å²) in [5, 5.41) is 0.837. The van der Waals surface area contributed by atoms with E-state index in [9.17, 15) is 4.79 Å². The second-order valence-corrected chi connectivity index (χ2v) is 9.58. The van der Waals surface area contributed by atoms with Crippen molar-refractivity contribution in [2.75, 3.05) is 34.5 Å². The molecular formula is C28H41LiO6P. The number of ether oxygens (including phenoxy) is 5. The number of hydrogen-bond acceptors (Lipinski definition) is 6. The number of hydrogen-bond donors (Lipinski definition) is 0. The first-order chi connectivity index (χ1) is 17.1. The first kappa shape index (κ1) is 32.2. The molecule has 0 aliphatic rings. The molecule has 0 aliphatic heterocycles. The Morgan fingerprint density at radius 3 is 1.78 bits per heavy atom. The van der Waals surface area contributed by atoms with Gasteiger partial charge in [-0.3, -0.25) is 4.79 Å². The average Bonchev–Trinajstić information content (AvgIpc) is 2.88. The molecule has 2 aromatic rings. The van der Waals surface area contributed by atoms with E-state index >= 15 is 0 Å². The van der Waals surface area contributed by atoms with Gasteiger partial charge in [0.25, 0.3) is 0 Å². The Balaban J connectivity index is 0.00000648. The van der Waals surface area contributed by atoms with E-state index in [1.807, 2.05) is 18.2 Å². The van der Waals surface area contributed by atoms with Crippen LogP contribution in [0, 0.1) is 0 Å². The van der Waals surface area contributed by atoms with Crippen molar-refractivity contribution < 1.29 is 28.5 Å². The normalized spacial score (nSPS) is 10.7. The van der Waals surface area contributed by atoms with E-state index in [0.717, 1.165) is 36.7 Å². The second-order valence-electron chi connectivity index (χ2n) is 8.34. The van der Waals surface area contributed by atoms with Crippen molar-refractivity contribution >= 4 is 38.3 Å². The molecule has 0 amide bonds. The maximum Gasteiger partial charge on any atom is 0.193 e. The van der Waals surface area contributed by atoms with E-state index in [1.54, 1.807) is 19.2 Å². The van der Waals surface area contributed by atoms with Crippen LogP contribution < -0.4 is 29.0 Å². The quantitative estimate of drug-likeness (QED) is 0.131. The largest absolute Gasteiger partial charge is 0.496 e. The third-order valence-electron chi connectivity index (χ3n) is 5.67. The fourth-order valence-corrected chi connectivity index (χ4v) is 4.71. The van der Waals surface area contributed by atoms with Gasteiger partial charge in [-0.05, 0) is 33.6 Å². The topological polar surface area (TPSA) is 63.2 Å². The minimum atomic E-state index is -0.159. The molecule has 2 rings (SSSR count). The van der Waals surface area contributed by atoms with Crippen molar-refractivity contribution in [3.05, 3.63) is 35.9 Å². The molecule has 0 N–H and O–H groups in total. The van der Waals surface area contributed by atoms with Gasteiger partial charge >= 0.3 is 0 Å². The summed E-state index contributed by atoms with van der Waals surface area (Å²) >= 11 is 0. The third kappa shape index (κ3) is 10.2. The smallest absolute Gasteiger partial charge is 0.193 e.